The number of carbonyl (C=O) groups excluding carboxylic acids is 4. The van der Waals surface area contributed by atoms with Crippen LogP contribution in [0.25, 0.3) is 0 Å². The number of rotatable bonds is 4. The molecule has 0 spiro atoms. The Kier molecular flexibility index (Phi) is 7.24. The molecule has 8 atom stereocenters. The van der Waals surface area contributed by atoms with E-state index in [-0.39, 0.29) is 41.0 Å². The molecule has 0 radical (unpaired) electrons. The summed E-state index contributed by atoms with van der Waals surface area (Å²) in [5.74, 6) is -6.90. The number of ether oxygens (including phenoxy) is 1. The molecule has 3 fully saturated rings. The van der Waals surface area contributed by atoms with E-state index in [0.29, 0.717) is 45.4 Å². The van der Waals surface area contributed by atoms with Gasteiger partial charge in [0.05, 0.1) is 11.0 Å². The Morgan fingerprint density at radius 3 is 2.30 bits per heavy atom. The highest BCUT2D eigenvalue weighted by atomic mass is 19.3. The van der Waals surface area contributed by atoms with Gasteiger partial charge in [-0.05, 0) is 86.0 Å². The van der Waals surface area contributed by atoms with Crippen LogP contribution in [0.4, 0.5) is 8.78 Å². The van der Waals surface area contributed by atoms with Gasteiger partial charge in [0.2, 0.25) is 0 Å². The van der Waals surface area contributed by atoms with Crippen molar-refractivity contribution in [3.8, 4) is 6.07 Å². The molecule has 5 rings (SSSR count). The maximum atomic E-state index is 14.6. The number of ketones is 2. The quantitative estimate of drug-likeness (QED) is 0.374. The number of hydrogen-bond acceptors (Lipinski definition) is 6. The molecule has 9 heteroatoms. The molecule has 7 nitrogen and oxygen atoms in total. The van der Waals surface area contributed by atoms with Crippen LogP contribution in [-0.4, -0.2) is 41.5 Å². The first-order chi connectivity index (χ1) is 20.1. The van der Waals surface area contributed by atoms with Crippen LogP contribution in [0.5, 0.6) is 0 Å². The summed E-state index contributed by atoms with van der Waals surface area (Å²) < 4.78 is 33.9. The SMILES string of the molecule is CC(=O)OC[C@]1(C)C(=O)C(C#N)=C[C@]2(C)C3=CC(=O)[C@@H]4[C@@H]5CC(C)(C)CC[C@]5(NC(=O)C(C)(F)F)CC[C@@]4(C)[C@]3(C)CC[C@H]21. The Hall–Kier alpha value is -2.89. The Morgan fingerprint density at radius 1 is 1.07 bits per heavy atom. The van der Waals surface area contributed by atoms with E-state index in [2.05, 4.69) is 39.1 Å². The molecule has 0 aliphatic heterocycles. The smallest absolute Gasteiger partial charge is 0.321 e. The van der Waals surface area contributed by atoms with E-state index in [0.717, 1.165) is 12.0 Å². The zero-order chi connectivity index (χ0) is 32.9. The van der Waals surface area contributed by atoms with E-state index >= 15 is 0 Å². The standard InChI is InChI=1S/C35H46F2N2O5/c1-20(40)44-19-31(5)24-9-10-32(6)25(30(24,4)16-21(18-38)27(31)42)15-23(41)26-22-17-29(2,3)11-13-35(22,14-12-33(26,32)7)39-28(43)34(8,36)37/h15-16,22,24,26H,9-14,17,19H2,1-8H3,(H,39,43)/t22-,24+,26-,30-,31-,32+,33+,35-/m0/s1. The van der Waals surface area contributed by atoms with Crippen LogP contribution in [0.15, 0.2) is 23.3 Å². The summed E-state index contributed by atoms with van der Waals surface area (Å²) in [5.41, 5.74) is -3.19. The van der Waals surface area contributed by atoms with Crippen LogP contribution in [0.2, 0.25) is 0 Å². The fourth-order valence-corrected chi connectivity index (χ4v) is 10.4. The van der Waals surface area contributed by atoms with Crippen molar-refractivity contribution in [2.45, 2.75) is 112 Å². The lowest BCUT2D eigenvalue weighted by Crippen LogP contribution is -2.70. The summed E-state index contributed by atoms with van der Waals surface area (Å²) in [7, 11) is 0. The fourth-order valence-electron chi connectivity index (χ4n) is 10.4. The fraction of sp³-hybridized carbons (Fsp3) is 0.743. The highest BCUT2D eigenvalue weighted by molar-refractivity contribution is 6.05. The zero-order valence-corrected chi connectivity index (χ0v) is 27.3. The van der Waals surface area contributed by atoms with Crippen LogP contribution in [0, 0.1) is 56.2 Å². The van der Waals surface area contributed by atoms with Gasteiger partial charge in [-0.25, -0.2) is 0 Å². The second-order valence-corrected chi connectivity index (χ2v) is 16.2. The molecule has 5 aliphatic carbocycles. The number of Topliss-reactive ketones (excluding diaryl/α,β-unsaturated/α-hetero) is 1. The van der Waals surface area contributed by atoms with Gasteiger partial charge in [-0.15, -0.1) is 0 Å². The largest absolute Gasteiger partial charge is 0.465 e. The molecule has 0 aromatic heterocycles. The molecule has 0 bridgehead atoms. The Balaban J connectivity index is 1.65. The highest BCUT2D eigenvalue weighted by Gasteiger charge is 2.70. The second kappa shape index (κ2) is 9.80. The van der Waals surface area contributed by atoms with Gasteiger partial charge in [-0.1, -0.05) is 46.3 Å². The number of nitrogens with one attached hydrogen (secondary N) is 1. The lowest BCUT2D eigenvalue weighted by molar-refractivity contribution is -0.171. The molecule has 0 heterocycles. The number of esters is 1. The molecule has 0 aromatic rings. The van der Waals surface area contributed by atoms with Crippen molar-refractivity contribution in [3.63, 3.8) is 0 Å². The van der Waals surface area contributed by atoms with Gasteiger partial charge < -0.3 is 10.1 Å². The van der Waals surface area contributed by atoms with E-state index in [1.807, 2.05) is 6.92 Å². The minimum absolute atomic E-state index is 0.00294. The Morgan fingerprint density at radius 2 is 1.70 bits per heavy atom. The van der Waals surface area contributed by atoms with Crippen LogP contribution in [0.1, 0.15) is 100 Å². The van der Waals surface area contributed by atoms with E-state index in [1.54, 1.807) is 19.1 Å². The number of nitriles is 1. The topological polar surface area (TPSA) is 113 Å². The van der Waals surface area contributed by atoms with Gasteiger partial charge in [0, 0.05) is 30.7 Å². The number of fused-ring (bicyclic) bond motifs is 7. The number of nitrogens with zero attached hydrogens (tertiary/aromatic N) is 1. The van der Waals surface area contributed by atoms with Crippen molar-refractivity contribution in [2.75, 3.05) is 6.61 Å². The summed E-state index contributed by atoms with van der Waals surface area (Å²) in [6, 6.07) is 2.08. The van der Waals surface area contributed by atoms with E-state index in [9.17, 15) is 33.2 Å². The predicted molar refractivity (Wildman–Crippen MR) is 159 cm³/mol. The number of carbonyl (C=O) groups is 4. The first-order valence-corrected chi connectivity index (χ1v) is 15.9. The summed E-state index contributed by atoms with van der Waals surface area (Å²) in [6.45, 7) is 14.1. The predicted octanol–water partition coefficient (Wildman–Crippen LogP) is 6.27. The van der Waals surface area contributed by atoms with Crippen LogP contribution in [-0.2, 0) is 23.9 Å². The lowest BCUT2D eigenvalue weighted by atomic mass is 9.35. The molecule has 1 amide bonds. The normalized spacial score (nSPS) is 42.7. The maximum absolute atomic E-state index is 14.6. The summed E-state index contributed by atoms with van der Waals surface area (Å²) in [5, 5.41) is 12.8. The van der Waals surface area contributed by atoms with E-state index < -0.39 is 50.9 Å². The number of amides is 1. The van der Waals surface area contributed by atoms with Gasteiger partial charge in [-0.3, -0.25) is 19.2 Å². The van der Waals surface area contributed by atoms with Gasteiger partial charge in [-0.2, -0.15) is 14.0 Å². The minimum atomic E-state index is -3.53. The number of halogens is 2. The summed E-state index contributed by atoms with van der Waals surface area (Å²) in [6.07, 6.45) is 7.69. The Labute approximate surface area is 259 Å². The molecule has 0 unspecified atom stereocenters. The highest BCUT2D eigenvalue weighted by Crippen LogP contribution is 2.73. The van der Waals surface area contributed by atoms with Crippen LogP contribution < -0.4 is 5.32 Å². The summed E-state index contributed by atoms with van der Waals surface area (Å²) in [4.78, 5) is 52.8. The average Bonchev–Trinajstić information content (AvgIpc) is 2.91. The second-order valence-electron chi connectivity index (χ2n) is 16.2. The van der Waals surface area contributed by atoms with Crippen LogP contribution in [0.3, 0.4) is 0 Å². The molecule has 0 saturated heterocycles. The average molecular weight is 613 g/mol. The van der Waals surface area contributed by atoms with Crippen molar-refractivity contribution in [2.24, 2.45) is 44.8 Å². The first kappa shape index (κ1) is 32.5. The molecule has 44 heavy (non-hydrogen) atoms. The van der Waals surface area contributed by atoms with E-state index in [1.165, 1.54) is 6.92 Å². The van der Waals surface area contributed by atoms with Crippen molar-refractivity contribution in [1.29, 1.82) is 5.26 Å². The van der Waals surface area contributed by atoms with Crippen molar-refractivity contribution in [3.05, 3.63) is 23.3 Å². The van der Waals surface area contributed by atoms with Crippen molar-refractivity contribution < 1.29 is 32.7 Å². The summed E-state index contributed by atoms with van der Waals surface area (Å²) >= 11 is 0. The number of alkyl halides is 2. The number of allylic oxidation sites excluding steroid dienone is 4. The Bertz CT molecular complexity index is 1440. The van der Waals surface area contributed by atoms with Crippen LogP contribution >= 0.6 is 0 Å². The third-order valence-electron chi connectivity index (χ3n) is 13.0. The van der Waals surface area contributed by atoms with Gasteiger partial charge >= 0.3 is 11.9 Å². The van der Waals surface area contributed by atoms with Gasteiger partial charge in [0.25, 0.3) is 5.91 Å². The van der Waals surface area contributed by atoms with E-state index in [4.69, 9.17) is 4.74 Å². The van der Waals surface area contributed by atoms with Crippen molar-refractivity contribution >= 4 is 23.4 Å². The lowest BCUT2D eigenvalue weighted by Gasteiger charge is -2.69. The molecule has 1 N–H and O–H groups in total. The molecule has 5 aliphatic rings. The van der Waals surface area contributed by atoms with Gasteiger partial charge in [0.1, 0.15) is 12.7 Å². The minimum Gasteiger partial charge on any atom is -0.465 e. The monoisotopic (exact) mass is 612 g/mol. The molecule has 0 aromatic carbocycles. The molecule has 240 valence electrons. The molecular formula is C35H46F2N2O5. The van der Waals surface area contributed by atoms with Crippen molar-refractivity contribution in [1.82, 2.24) is 5.32 Å². The maximum Gasteiger partial charge on any atom is 0.321 e. The molecule has 3 saturated carbocycles. The third-order valence-corrected chi connectivity index (χ3v) is 13.0. The zero-order valence-electron chi connectivity index (χ0n) is 27.3. The molecular weight excluding hydrogens is 566 g/mol. The third kappa shape index (κ3) is 4.44. The number of hydrogen-bond donors (Lipinski definition) is 1. The first-order valence-electron chi connectivity index (χ1n) is 15.9. The van der Waals surface area contributed by atoms with Gasteiger partial charge in [0.15, 0.2) is 11.6 Å².